The molecule has 0 aliphatic heterocycles. The fourth-order valence-electron chi connectivity index (χ4n) is 1.86. The number of aliphatic hydroxyl groups is 1. The molecule has 0 unspecified atom stereocenters. The summed E-state index contributed by atoms with van der Waals surface area (Å²) in [6.45, 7) is 2.53. The number of allylic oxidation sites excluding steroid dienone is 2. The van der Waals surface area contributed by atoms with E-state index in [0.29, 0.717) is 0 Å². The fraction of sp³-hybridized carbons (Fsp3) is 0.333. The van der Waals surface area contributed by atoms with Crippen LogP contribution in [0.1, 0.15) is 13.8 Å². The van der Waals surface area contributed by atoms with E-state index in [1.165, 1.54) is 32.5 Å². The van der Waals surface area contributed by atoms with Crippen molar-refractivity contribution in [2.24, 2.45) is 24.3 Å². The van der Waals surface area contributed by atoms with Gasteiger partial charge in [-0.25, -0.2) is 4.79 Å². The summed E-state index contributed by atoms with van der Waals surface area (Å²) in [6, 6.07) is 0. The first-order chi connectivity index (χ1) is 10.2. The molecule has 2 N–H and O–H groups in total. The predicted molar refractivity (Wildman–Crippen MR) is 77.1 cm³/mol. The standard InChI is InChI=1S/C12H14N6O4/c1-5(19)7(6(2)20)15-16-11-13-8-9(14-11)17(3)12(22)18(4)10(8)21/h19H,1-4H3,(H,13,14)/b7-5+,16-15?. The molecule has 0 radical (unpaired) electrons. The minimum atomic E-state index is -0.548. The van der Waals surface area contributed by atoms with Crippen LogP contribution in [-0.4, -0.2) is 30.0 Å². The van der Waals surface area contributed by atoms with Gasteiger partial charge in [0.2, 0.25) is 5.95 Å². The van der Waals surface area contributed by atoms with Crippen molar-refractivity contribution in [2.45, 2.75) is 13.8 Å². The molecule has 2 heterocycles. The number of carbonyl (C=O) groups excluding carboxylic acids is 1. The molecule has 0 aromatic carbocycles. The van der Waals surface area contributed by atoms with Gasteiger partial charge < -0.3 is 10.1 Å². The number of Topliss-reactive ketones (excluding diaryl/α,β-unsaturated/α-hetero) is 1. The number of rotatable bonds is 3. The maximum atomic E-state index is 12.0. The van der Waals surface area contributed by atoms with E-state index in [4.69, 9.17) is 0 Å². The Bertz CT molecular complexity index is 939. The molecule has 10 heteroatoms. The highest BCUT2D eigenvalue weighted by Gasteiger charge is 2.13. The number of nitrogens with zero attached hydrogens (tertiary/aromatic N) is 5. The van der Waals surface area contributed by atoms with E-state index in [1.807, 2.05) is 0 Å². The first-order valence-corrected chi connectivity index (χ1v) is 6.22. The molecule has 0 aliphatic carbocycles. The largest absolute Gasteiger partial charge is 0.510 e. The van der Waals surface area contributed by atoms with Crippen LogP contribution in [-0.2, 0) is 18.9 Å². The van der Waals surface area contributed by atoms with E-state index in [2.05, 4.69) is 20.2 Å². The number of carbonyl (C=O) groups is 1. The van der Waals surface area contributed by atoms with Gasteiger partial charge >= 0.3 is 5.69 Å². The number of fused-ring (bicyclic) bond motifs is 1. The Labute approximate surface area is 123 Å². The highest BCUT2D eigenvalue weighted by Crippen LogP contribution is 2.14. The number of aliphatic hydroxyl groups excluding tert-OH is 1. The fourth-order valence-corrected chi connectivity index (χ4v) is 1.86. The Hall–Kier alpha value is -3.04. The van der Waals surface area contributed by atoms with Gasteiger partial charge in [-0.2, -0.15) is 4.98 Å². The van der Waals surface area contributed by atoms with Crippen molar-refractivity contribution in [3.05, 3.63) is 32.3 Å². The van der Waals surface area contributed by atoms with Crippen LogP contribution in [0.4, 0.5) is 5.95 Å². The minimum absolute atomic E-state index is 0.0618. The second-order valence-electron chi connectivity index (χ2n) is 4.65. The topological polar surface area (TPSA) is 135 Å². The van der Waals surface area contributed by atoms with E-state index in [1.54, 1.807) is 0 Å². The molecular weight excluding hydrogens is 292 g/mol. The number of ketones is 1. The number of azo groups is 1. The molecule has 0 fully saturated rings. The Morgan fingerprint density at radius 3 is 2.41 bits per heavy atom. The molecule has 116 valence electrons. The van der Waals surface area contributed by atoms with E-state index in [-0.39, 0.29) is 28.6 Å². The van der Waals surface area contributed by atoms with Crippen LogP contribution in [0.5, 0.6) is 0 Å². The van der Waals surface area contributed by atoms with Crippen LogP contribution in [0.25, 0.3) is 11.2 Å². The smallest absolute Gasteiger partial charge is 0.332 e. The summed E-state index contributed by atoms with van der Waals surface area (Å²) < 4.78 is 2.12. The molecule has 0 saturated carbocycles. The van der Waals surface area contributed by atoms with Gasteiger partial charge in [-0.05, 0) is 6.92 Å². The molecule has 2 rings (SSSR count). The van der Waals surface area contributed by atoms with Crippen LogP contribution in [0.15, 0.2) is 31.3 Å². The molecule has 2 aromatic rings. The summed E-state index contributed by atoms with van der Waals surface area (Å²) in [5.74, 6) is -0.813. The van der Waals surface area contributed by atoms with E-state index in [0.717, 1.165) is 4.57 Å². The number of aryl methyl sites for hydroxylation is 1. The Kier molecular flexibility index (Phi) is 3.76. The van der Waals surface area contributed by atoms with Crippen LogP contribution >= 0.6 is 0 Å². The number of hydrogen-bond acceptors (Lipinski definition) is 7. The third-order valence-corrected chi connectivity index (χ3v) is 3.00. The highest BCUT2D eigenvalue weighted by atomic mass is 16.3. The van der Waals surface area contributed by atoms with Gasteiger partial charge in [-0.3, -0.25) is 18.7 Å². The van der Waals surface area contributed by atoms with Crippen LogP contribution in [0, 0.1) is 0 Å². The Morgan fingerprint density at radius 1 is 1.23 bits per heavy atom. The Morgan fingerprint density at radius 2 is 1.86 bits per heavy atom. The summed E-state index contributed by atoms with van der Waals surface area (Å²) in [5, 5.41) is 16.6. The van der Waals surface area contributed by atoms with Crippen molar-refractivity contribution in [3.8, 4) is 0 Å². The number of nitrogens with one attached hydrogen (secondary N) is 1. The molecule has 0 saturated heterocycles. The normalized spacial score (nSPS) is 12.9. The van der Waals surface area contributed by atoms with Crippen LogP contribution in [0.3, 0.4) is 0 Å². The lowest BCUT2D eigenvalue weighted by molar-refractivity contribution is -0.113. The molecule has 22 heavy (non-hydrogen) atoms. The summed E-state index contributed by atoms with van der Waals surface area (Å²) in [4.78, 5) is 41.6. The zero-order valence-corrected chi connectivity index (χ0v) is 12.4. The summed E-state index contributed by atoms with van der Waals surface area (Å²) in [6.07, 6.45) is 0. The molecule has 0 amide bonds. The molecule has 0 aliphatic rings. The molecule has 10 nitrogen and oxygen atoms in total. The van der Waals surface area contributed by atoms with Crippen molar-refractivity contribution in [1.29, 1.82) is 0 Å². The monoisotopic (exact) mass is 306 g/mol. The van der Waals surface area contributed by atoms with Crippen LogP contribution in [0.2, 0.25) is 0 Å². The first kappa shape index (κ1) is 15.4. The molecule has 0 atom stereocenters. The predicted octanol–water partition coefficient (Wildman–Crippen LogP) is 0.423. The number of aromatic amines is 1. The summed E-state index contributed by atoms with van der Waals surface area (Å²) >= 11 is 0. The van der Waals surface area contributed by atoms with Crippen molar-refractivity contribution in [1.82, 2.24) is 19.1 Å². The number of hydrogen-bond donors (Lipinski definition) is 2. The quantitative estimate of drug-likeness (QED) is 0.481. The second-order valence-corrected chi connectivity index (χ2v) is 4.65. The summed E-state index contributed by atoms with van der Waals surface area (Å²) in [7, 11) is 2.81. The highest BCUT2D eigenvalue weighted by molar-refractivity contribution is 5.93. The van der Waals surface area contributed by atoms with Gasteiger partial charge in [0.15, 0.2) is 22.6 Å². The lowest BCUT2D eigenvalue weighted by atomic mass is 10.3. The van der Waals surface area contributed by atoms with Gasteiger partial charge in [-0.15, -0.1) is 10.2 Å². The van der Waals surface area contributed by atoms with Crippen molar-refractivity contribution >= 4 is 22.9 Å². The van der Waals surface area contributed by atoms with E-state index < -0.39 is 17.0 Å². The number of imidazole rings is 1. The number of H-pyrrole nitrogens is 1. The van der Waals surface area contributed by atoms with Gasteiger partial charge in [0.25, 0.3) is 5.56 Å². The third-order valence-electron chi connectivity index (χ3n) is 3.00. The SMILES string of the molecule is CC(=O)/C(N=Nc1nc2c([nH]1)c(=O)n(C)c(=O)n2C)=C(/C)O. The average Bonchev–Trinajstić information content (AvgIpc) is 2.86. The van der Waals surface area contributed by atoms with Crippen molar-refractivity contribution < 1.29 is 9.90 Å². The van der Waals surface area contributed by atoms with Gasteiger partial charge in [-0.1, -0.05) is 0 Å². The van der Waals surface area contributed by atoms with Gasteiger partial charge in [0.05, 0.1) is 0 Å². The van der Waals surface area contributed by atoms with Crippen molar-refractivity contribution in [2.75, 3.05) is 0 Å². The molecule has 2 aromatic heterocycles. The van der Waals surface area contributed by atoms with E-state index in [9.17, 15) is 19.5 Å². The maximum Gasteiger partial charge on any atom is 0.332 e. The van der Waals surface area contributed by atoms with Gasteiger partial charge in [0.1, 0.15) is 5.76 Å². The van der Waals surface area contributed by atoms with E-state index >= 15 is 0 Å². The van der Waals surface area contributed by atoms with Crippen LogP contribution < -0.4 is 11.2 Å². The number of aromatic nitrogens is 4. The minimum Gasteiger partial charge on any atom is -0.510 e. The maximum absolute atomic E-state index is 12.0. The molecule has 0 spiro atoms. The zero-order chi connectivity index (χ0) is 16.6. The third kappa shape index (κ3) is 2.45. The van der Waals surface area contributed by atoms with Gasteiger partial charge in [0, 0.05) is 21.0 Å². The first-order valence-electron chi connectivity index (χ1n) is 6.22. The summed E-state index contributed by atoms with van der Waals surface area (Å²) in [5.41, 5.74) is -1.08. The Balaban J connectivity index is 2.61. The second kappa shape index (κ2) is 5.39. The molecular formula is C12H14N6O4. The molecule has 0 bridgehead atoms. The van der Waals surface area contributed by atoms with Crippen molar-refractivity contribution in [3.63, 3.8) is 0 Å². The lowest BCUT2D eigenvalue weighted by Crippen LogP contribution is -2.36. The lowest BCUT2D eigenvalue weighted by Gasteiger charge is -2.00. The zero-order valence-electron chi connectivity index (χ0n) is 12.4. The average molecular weight is 306 g/mol.